The highest BCUT2D eigenvalue weighted by Gasteiger charge is 2.40. The number of carbonyl (C=O) groups is 2. The summed E-state index contributed by atoms with van der Waals surface area (Å²) in [7, 11) is 1.67. The van der Waals surface area contributed by atoms with Gasteiger partial charge in [0.1, 0.15) is 11.9 Å². The third kappa shape index (κ3) is 8.42. The van der Waals surface area contributed by atoms with Crippen LogP contribution in [0.2, 0.25) is 0 Å². The fraction of sp³-hybridized carbons (Fsp3) is 0.733. The van der Waals surface area contributed by atoms with E-state index in [0.29, 0.717) is 38.3 Å². The maximum atomic E-state index is 13.7. The molecule has 0 bridgehead atoms. The predicted octanol–water partition coefficient (Wildman–Crippen LogP) is 3.49. The molecule has 8 nitrogen and oxygen atoms in total. The number of nitrogens with one attached hydrogen (secondary N) is 1. The topological polar surface area (TPSA) is 91.3 Å². The molecule has 3 atom stereocenters. The first kappa shape index (κ1) is 30.4. The number of methoxy groups -OCH3 is 1. The van der Waals surface area contributed by atoms with E-state index in [1.54, 1.807) is 7.11 Å². The number of hydrogen-bond donors (Lipinski definition) is 2. The number of benzene rings is 1. The average Bonchev–Trinajstić information content (AvgIpc) is 3.62. The van der Waals surface area contributed by atoms with Gasteiger partial charge in [0.05, 0.1) is 6.61 Å². The third-order valence-corrected chi connectivity index (χ3v) is 7.66. The molecule has 38 heavy (non-hydrogen) atoms. The van der Waals surface area contributed by atoms with E-state index in [9.17, 15) is 14.7 Å². The van der Waals surface area contributed by atoms with E-state index in [4.69, 9.17) is 9.47 Å². The second-order valence-electron chi connectivity index (χ2n) is 11.8. The lowest BCUT2D eigenvalue weighted by atomic mass is 9.93. The summed E-state index contributed by atoms with van der Waals surface area (Å²) >= 11 is 0. The first-order valence-electron chi connectivity index (χ1n) is 14.3. The molecule has 0 spiro atoms. The molecule has 1 saturated carbocycles. The molecule has 3 rings (SSSR count). The van der Waals surface area contributed by atoms with Crippen LogP contribution in [0.5, 0.6) is 5.75 Å². The van der Waals surface area contributed by atoms with E-state index in [2.05, 4.69) is 5.32 Å². The van der Waals surface area contributed by atoms with Crippen LogP contribution in [0.25, 0.3) is 0 Å². The van der Waals surface area contributed by atoms with Gasteiger partial charge in [-0.2, -0.15) is 0 Å². The zero-order chi connectivity index (χ0) is 27.8. The lowest BCUT2D eigenvalue weighted by molar-refractivity contribution is -0.142. The van der Waals surface area contributed by atoms with E-state index >= 15 is 0 Å². The number of hydrogen-bond acceptors (Lipinski definition) is 6. The Morgan fingerprint density at radius 2 is 1.76 bits per heavy atom. The molecule has 2 aliphatic rings. The van der Waals surface area contributed by atoms with Crippen molar-refractivity contribution in [3.63, 3.8) is 0 Å². The van der Waals surface area contributed by atoms with Gasteiger partial charge in [-0.25, -0.2) is 0 Å². The minimum atomic E-state index is -0.940. The third-order valence-electron chi connectivity index (χ3n) is 7.66. The van der Waals surface area contributed by atoms with Crippen molar-refractivity contribution in [2.45, 2.75) is 78.5 Å². The van der Waals surface area contributed by atoms with Crippen molar-refractivity contribution in [1.29, 1.82) is 0 Å². The van der Waals surface area contributed by atoms with Crippen LogP contribution in [0.15, 0.2) is 18.2 Å². The Hall–Kier alpha value is -2.16. The lowest BCUT2D eigenvalue weighted by Crippen LogP contribution is -2.47. The number of amides is 2. The molecule has 1 saturated heterocycles. The molecule has 2 N–H and O–H groups in total. The Morgan fingerprint density at radius 1 is 1.08 bits per heavy atom. The molecule has 0 aromatic heterocycles. The van der Waals surface area contributed by atoms with Crippen LogP contribution in [-0.2, 0) is 9.53 Å². The lowest BCUT2D eigenvalue weighted by Gasteiger charge is -2.34. The molecule has 1 aliphatic carbocycles. The Kier molecular flexibility index (Phi) is 11.4. The van der Waals surface area contributed by atoms with Gasteiger partial charge >= 0.3 is 0 Å². The Labute approximate surface area is 229 Å². The molecule has 0 radical (unpaired) electrons. The van der Waals surface area contributed by atoms with Crippen molar-refractivity contribution < 1.29 is 24.2 Å². The van der Waals surface area contributed by atoms with Crippen molar-refractivity contribution in [3.05, 3.63) is 29.3 Å². The van der Waals surface area contributed by atoms with E-state index in [1.165, 1.54) is 0 Å². The molecule has 1 heterocycles. The highest BCUT2D eigenvalue weighted by Crippen LogP contribution is 2.31. The number of carbonyl (C=O) groups excluding carboxylic acids is 2. The summed E-state index contributed by atoms with van der Waals surface area (Å²) in [5.41, 5.74) is 1.62. The van der Waals surface area contributed by atoms with Crippen molar-refractivity contribution in [2.75, 3.05) is 46.5 Å². The maximum Gasteiger partial charge on any atom is 0.254 e. The first-order valence-corrected chi connectivity index (χ1v) is 14.3. The van der Waals surface area contributed by atoms with Gasteiger partial charge in [-0.3, -0.25) is 9.59 Å². The monoisotopic (exact) mass is 531 g/mol. The van der Waals surface area contributed by atoms with Gasteiger partial charge in [0, 0.05) is 64.0 Å². The predicted molar refractivity (Wildman–Crippen MR) is 149 cm³/mol. The molecule has 1 aromatic carbocycles. The van der Waals surface area contributed by atoms with Gasteiger partial charge < -0.3 is 29.7 Å². The Balaban J connectivity index is 1.68. The van der Waals surface area contributed by atoms with Crippen molar-refractivity contribution in [3.8, 4) is 5.75 Å². The Bertz CT molecular complexity index is 917. The van der Waals surface area contributed by atoms with Gasteiger partial charge in [0.25, 0.3) is 11.8 Å². The fourth-order valence-electron chi connectivity index (χ4n) is 5.23. The minimum absolute atomic E-state index is 0.00475. The highest BCUT2D eigenvalue weighted by molar-refractivity contribution is 5.95. The molecular formula is C30H49N3O5. The molecule has 8 heteroatoms. The maximum absolute atomic E-state index is 13.7. The standard InChI is InChI=1S/C30H49N3O5/c1-20(2)14-27(34)30(36)33(26-10-11-26)19-25-17-31-16-24(25)18-32(21(3)4)29(35)23-9-8-22(5)28(15-23)38-13-7-12-37-6/h8-9,15,20-21,24-27,31,34H,7,10-14,16-19H2,1-6H3/t24-,25-,27-/m0/s1. The highest BCUT2D eigenvalue weighted by atomic mass is 16.5. The van der Waals surface area contributed by atoms with E-state index in [1.807, 2.05) is 62.6 Å². The summed E-state index contributed by atoms with van der Waals surface area (Å²) in [5, 5.41) is 14.0. The van der Waals surface area contributed by atoms with Crippen LogP contribution in [0.1, 0.15) is 69.3 Å². The Morgan fingerprint density at radius 3 is 2.37 bits per heavy atom. The quantitative estimate of drug-likeness (QED) is 0.337. The molecule has 214 valence electrons. The summed E-state index contributed by atoms with van der Waals surface area (Å²) in [6.45, 7) is 14.2. The van der Waals surface area contributed by atoms with Crippen molar-refractivity contribution in [1.82, 2.24) is 15.1 Å². The minimum Gasteiger partial charge on any atom is -0.493 e. The van der Waals surface area contributed by atoms with Crippen molar-refractivity contribution >= 4 is 11.8 Å². The second-order valence-corrected chi connectivity index (χ2v) is 11.8. The van der Waals surface area contributed by atoms with Crippen LogP contribution >= 0.6 is 0 Å². The van der Waals surface area contributed by atoms with Crippen molar-refractivity contribution in [2.24, 2.45) is 17.8 Å². The molecule has 1 aliphatic heterocycles. The number of aryl methyl sites for hydroxylation is 1. The van der Waals surface area contributed by atoms with Gasteiger partial charge in [-0.15, -0.1) is 0 Å². The summed E-state index contributed by atoms with van der Waals surface area (Å²) < 4.78 is 11.0. The summed E-state index contributed by atoms with van der Waals surface area (Å²) in [4.78, 5) is 30.7. The normalized spacial score (nSPS) is 20.1. The molecule has 2 fully saturated rings. The van der Waals surface area contributed by atoms with E-state index in [-0.39, 0.29) is 41.7 Å². The van der Waals surface area contributed by atoms with E-state index in [0.717, 1.165) is 43.7 Å². The number of aliphatic hydroxyl groups excluding tert-OH is 1. The number of aliphatic hydroxyl groups is 1. The zero-order valence-corrected chi connectivity index (χ0v) is 24.2. The average molecular weight is 532 g/mol. The summed E-state index contributed by atoms with van der Waals surface area (Å²) in [5.74, 6) is 1.32. The summed E-state index contributed by atoms with van der Waals surface area (Å²) in [6, 6.07) is 5.95. The van der Waals surface area contributed by atoms with Crippen LogP contribution in [0.3, 0.4) is 0 Å². The van der Waals surface area contributed by atoms with Crippen LogP contribution in [0.4, 0.5) is 0 Å². The molecular weight excluding hydrogens is 482 g/mol. The smallest absolute Gasteiger partial charge is 0.254 e. The SMILES string of the molecule is COCCCOc1cc(C(=O)N(C[C@@H]2CNC[C@H]2CN(C(=O)[C@@H](O)CC(C)C)C2CC2)C(C)C)ccc1C. The van der Waals surface area contributed by atoms with Crippen LogP contribution in [0, 0.1) is 24.7 Å². The number of nitrogens with zero attached hydrogens (tertiary/aromatic N) is 2. The van der Waals surface area contributed by atoms with Gasteiger partial charge in [0.2, 0.25) is 0 Å². The van der Waals surface area contributed by atoms with Gasteiger partial charge in [0.15, 0.2) is 0 Å². The summed E-state index contributed by atoms with van der Waals surface area (Å²) in [6.07, 6.45) is 2.34. The van der Waals surface area contributed by atoms with Gasteiger partial charge in [-0.1, -0.05) is 19.9 Å². The molecule has 0 unspecified atom stereocenters. The van der Waals surface area contributed by atoms with Crippen LogP contribution < -0.4 is 10.1 Å². The zero-order valence-electron chi connectivity index (χ0n) is 24.2. The second kappa shape index (κ2) is 14.3. The number of ether oxygens (including phenoxy) is 2. The molecule has 1 aromatic rings. The fourth-order valence-corrected chi connectivity index (χ4v) is 5.23. The largest absolute Gasteiger partial charge is 0.493 e. The number of rotatable bonds is 15. The molecule has 2 amide bonds. The van der Waals surface area contributed by atoms with Gasteiger partial charge in [-0.05, 0) is 75.5 Å². The first-order chi connectivity index (χ1) is 18.1. The van der Waals surface area contributed by atoms with E-state index < -0.39 is 6.10 Å². The van der Waals surface area contributed by atoms with Crippen LogP contribution in [-0.4, -0.2) is 91.4 Å².